The van der Waals surface area contributed by atoms with Gasteiger partial charge in [0.05, 0.1) is 0 Å². The van der Waals surface area contributed by atoms with E-state index in [0.717, 1.165) is 16.7 Å². The van der Waals surface area contributed by atoms with Crippen molar-refractivity contribution in [3.05, 3.63) is 54.4 Å². The number of rotatable bonds is 3. The molecular weight excluding hydrogens is 224 g/mol. The minimum absolute atomic E-state index is 0.554. The molecule has 0 saturated heterocycles. The Morgan fingerprint density at radius 1 is 1.00 bits per heavy atom. The molecule has 3 aromatic rings. The Hall–Kier alpha value is -2.13. The molecule has 18 heavy (non-hydrogen) atoms. The molecule has 2 aromatic carbocycles. The Balaban J connectivity index is 2.05. The summed E-state index contributed by atoms with van der Waals surface area (Å²) in [5, 5.41) is 0. The average Bonchev–Trinajstić information content (AvgIpc) is 2.81. The van der Waals surface area contributed by atoms with Gasteiger partial charge in [-0.05, 0) is 23.3 Å². The van der Waals surface area contributed by atoms with Gasteiger partial charge in [0.15, 0.2) is 11.5 Å². The average molecular weight is 238 g/mol. The molecule has 0 radical (unpaired) electrons. The van der Waals surface area contributed by atoms with Crippen molar-refractivity contribution in [3.63, 3.8) is 0 Å². The van der Waals surface area contributed by atoms with Crippen LogP contribution in [0.4, 0.5) is 0 Å². The molecule has 3 nitrogen and oxygen atoms in total. The van der Waals surface area contributed by atoms with Gasteiger partial charge in [0.25, 0.3) is 0 Å². The summed E-state index contributed by atoms with van der Waals surface area (Å²) in [4.78, 5) is 4.44. The topological polar surface area (TPSA) is 52.0 Å². The quantitative estimate of drug-likeness (QED) is 0.763. The van der Waals surface area contributed by atoms with Gasteiger partial charge in [0.1, 0.15) is 5.52 Å². The minimum atomic E-state index is 0.554. The van der Waals surface area contributed by atoms with E-state index in [-0.39, 0.29) is 0 Å². The maximum atomic E-state index is 5.61. The summed E-state index contributed by atoms with van der Waals surface area (Å²) in [5.74, 6) is 0.706. The van der Waals surface area contributed by atoms with Crippen LogP contribution in [-0.2, 0) is 6.42 Å². The van der Waals surface area contributed by atoms with Crippen LogP contribution in [0.2, 0.25) is 0 Å². The molecule has 1 aromatic heterocycles. The molecule has 0 aliphatic carbocycles. The number of hydrogen-bond donors (Lipinski definition) is 1. The molecule has 0 amide bonds. The lowest BCUT2D eigenvalue weighted by atomic mass is 10.1. The van der Waals surface area contributed by atoms with Crippen LogP contribution in [0, 0.1) is 0 Å². The Labute approximate surface area is 105 Å². The molecule has 0 unspecified atom stereocenters. The Bertz CT molecular complexity index is 659. The van der Waals surface area contributed by atoms with Crippen molar-refractivity contribution in [2.24, 2.45) is 5.73 Å². The summed E-state index contributed by atoms with van der Waals surface area (Å²) in [6.07, 6.45) is 0.676. The van der Waals surface area contributed by atoms with E-state index < -0.39 is 0 Å². The summed E-state index contributed by atoms with van der Waals surface area (Å²) in [7, 11) is 0. The fraction of sp³-hybridized carbons (Fsp3) is 0.133. The third-order valence-corrected chi connectivity index (χ3v) is 2.90. The molecule has 2 N–H and O–H groups in total. The molecule has 1 heterocycles. The summed E-state index contributed by atoms with van der Waals surface area (Å²) in [5.41, 5.74) is 9.54. The van der Waals surface area contributed by atoms with E-state index in [4.69, 9.17) is 10.2 Å². The number of aromatic nitrogens is 1. The van der Waals surface area contributed by atoms with E-state index in [9.17, 15) is 0 Å². The van der Waals surface area contributed by atoms with Crippen molar-refractivity contribution in [2.45, 2.75) is 6.42 Å². The first-order valence-corrected chi connectivity index (χ1v) is 6.02. The molecule has 90 valence electrons. The minimum Gasteiger partial charge on any atom is -0.441 e. The van der Waals surface area contributed by atoms with E-state index in [1.165, 1.54) is 5.56 Å². The first-order valence-electron chi connectivity index (χ1n) is 6.02. The SMILES string of the molecule is NCCc1nc2cc(-c3ccccc3)ccc2o1. The van der Waals surface area contributed by atoms with E-state index >= 15 is 0 Å². The van der Waals surface area contributed by atoms with E-state index in [2.05, 4.69) is 23.2 Å². The van der Waals surface area contributed by atoms with Gasteiger partial charge < -0.3 is 10.2 Å². The van der Waals surface area contributed by atoms with E-state index in [1.54, 1.807) is 0 Å². The number of oxazole rings is 1. The number of fused-ring (bicyclic) bond motifs is 1. The predicted molar refractivity (Wildman–Crippen MR) is 72.2 cm³/mol. The standard InChI is InChI=1S/C15H14N2O/c16-9-8-15-17-13-10-12(6-7-14(13)18-15)11-4-2-1-3-5-11/h1-7,10H,8-9,16H2. The van der Waals surface area contributed by atoms with Crippen LogP contribution in [0.5, 0.6) is 0 Å². The molecule has 3 heteroatoms. The number of hydrogen-bond acceptors (Lipinski definition) is 3. The lowest BCUT2D eigenvalue weighted by Gasteiger charge is -1.99. The molecule has 0 atom stereocenters. The van der Waals surface area contributed by atoms with Crippen molar-refractivity contribution in [3.8, 4) is 11.1 Å². The molecular formula is C15H14N2O. The van der Waals surface area contributed by atoms with Gasteiger partial charge in [-0.1, -0.05) is 36.4 Å². The van der Waals surface area contributed by atoms with Gasteiger partial charge >= 0.3 is 0 Å². The molecule has 0 spiro atoms. The molecule has 0 aliphatic heterocycles. The highest BCUT2D eigenvalue weighted by Gasteiger charge is 2.06. The smallest absolute Gasteiger partial charge is 0.196 e. The highest BCUT2D eigenvalue weighted by Crippen LogP contribution is 2.24. The summed E-state index contributed by atoms with van der Waals surface area (Å²) in [6, 6.07) is 16.3. The highest BCUT2D eigenvalue weighted by atomic mass is 16.3. The van der Waals surface area contributed by atoms with Gasteiger partial charge in [-0.3, -0.25) is 0 Å². The zero-order valence-electron chi connectivity index (χ0n) is 9.97. The molecule has 0 bridgehead atoms. The lowest BCUT2D eigenvalue weighted by molar-refractivity contribution is 0.531. The predicted octanol–water partition coefficient (Wildman–Crippen LogP) is 3.00. The van der Waals surface area contributed by atoms with E-state index in [0.29, 0.717) is 18.9 Å². The Kier molecular flexibility index (Phi) is 2.82. The van der Waals surface area contributed by atoms with Crippen molar-refractivity contribution in [1.29, 1.82) is 0 Å². The van der Waals surface area contributed by atoms with Crippen LogP contribution < -0.4 is 5.73 Å². The number of benzene rings is 2. The van der Waals surface area contributed by atoms with Crippen molar-refractivity contribution >= 4 is 11.1 Å². The third-order valence-electron chi connectivity index (χ3n) is 2.90. The van der Waals surface area contributed by atoms with E-state index in [1.807, 2.05) is 30.3 Å². The maximum absolute atomic E-state index is 5.61. The summed E-state index contributed by atoms with van der Waals surface area (Å²) < 4.78 is 5.61. The fourth-order valence-corrected chi connectivity index (χ4v) is 2.02. The summed E-state index contributed by atoms with van der Waals surface area (Å²) >= 11 is 0. The largest absolute Gasteiger partial charge is 0.441 e. The maximum Gasteiger partial charge on any atom is 0.196 e. The van der Waals surface area contributed by atoms with Crippen molar-refractivity contribution in [2.75, 3.05) is 6.54 Å². The number of nitrogens with zero attached hydrogens (tertiary/aromatic N) is 1. The Morgan fingerprint density at radius 2 is 1.83 bits per heavy atom. The third kappa shape index (κ3) is 2.00. The highest BCUT2D eigenvalue weighted by molar-refractivity contribution is 5.80. The first-order chi connectivity index (χ1) is 8.86. The zero-order valence-corrected chi connectivity index (χ0v) is 9.97. The zero-order chi connectivity index (χ0) is 12.4. The number of nitrogens with two attached hydrogens (primary N) is 1. The van der Waals surface area contributed by atoms with Gasteiger partial charge in [-0.2, -0.15) is 0 Å². The lowest BCUT2D eigenvalue weighted by Crippen LogP contribution is -2.02. The van der Waals surface area contributed by atoms with Gasteiger partial charge in [0.2, 0.25) is 0 Å². The second kappa shape index (κ2) is 4.63. The van der Waals surface area contributed by atoms with Crippen molar-refractivity contribution < 1.29 is 4.42 Å². The van der Waals surface area contributed by atoms with Gasteiger partial charge in [0, 0.05) is 13.0 Å². The fourth-order valence-electron chi connectivity index (χ4n) is 2.02. The summed E-state index contributed by atoms with van der Waals surface area (Å²) in [6.45, 7) is 0.554. The van der Waals surface area contributed by atoms with Gasteiger partial charge in [-0.15, -0.1) is 0 Å². The molecule has 3 rings (SSSR count). The van der Waals surface area contributed by atoms with Gasteiger partial charge in [-0.25, -0.2) is 4.98 Å². The molecule has 0 fully saturated rings. The Morgan fingerprint density at radius 3 is 2.61 bits per heavy atom. The van der Waals surface area contributed by atoms with Crippen LogP contribution in [0.15, 0.2) is 52.9 Å². The van der Waals surface area contributed by atoms with Crippen LogP contribution in [0.25, 0.3) is 22.2 Å². The normalized spacial score (nSPS) is 10.9. The molecule has 0 saturated carbocycles. The van der Waals surface area contributed by atoms with Crippen LogP contribution in [0.1, 0.15) is 5.89 Å². The first kappa shape index (κ1) is 11.0. The van der Waals surface area contributed by atoms with Crippen LogP contribution in [0.3, 0.4) is 0 Å². The molecule has 0 aliphatic rings. The van der Waals surface area contributed by atoms with Crippen molar-refractivity contribution in [1.82, 2.24) is 4.98 Å². The second-order valence-electron chi connectivity index (χ2n) is 4.19. The van der Waals surface area contributed by atoms with Crippen LogP contribution >= 0.6 is 0 Å². The monoisotopic (exact) mass is 238 g/mol. The second-order valence-corrected chi connectivity index (χ2v) is 4.19. The van der Waals surface area contributed by atoms with Crippen LogP contribution in [-0.4, -0.2) is 11.5 Å².